The van der Waals surface area contributed by atoms with Crippen LogP contribution in [0.3, 0.4) is 0 Å². The van der Waals surface area contributed by atoms with Crippen LogP contribution in [0.5, 0.6) is 0 Å². The number of nitrogens with zero attached hydrogens (tertiary/aromatic N) is 2. The van der Waals surface area contributed by atoms with Crippen molar-refractivity contribution < 1.29 is 0 Å². The summed E-state index contributed by atoms with van der Waals surface area (Å²) in [7, 11) is 0. The molecule has 0 saturated heterocycles. The van der Waals surface area contributed by atoms with E-state index >= 15 is 0 Å². The summed E-state index contributed by atoms with van der Waals surface area (Å²) in [4.78, 5) is 8.73. The molecule has 0 aliphatic rings. The van der Waals surface area contributed by atoms with Gasteiger partial charge in [-0.2, -0.15) is 11.8 Å². The van der Waals surface area contributed by atoms with Crippen LogP contribution >= 0.6 is 11.8 Å². The summed E-state index contributed by atoms with van der Waals surface area (Å²) >= 11 is 1.83. The molecule has 4 heteroatoms. The molecule has 0 bridgehead atoms. The lowest BCUT2D eigenvalue weighted by molar-refractivity contribution is 0.977. The third kappa shape index (κ3) is 2.64. The number of hydrogen-bond acceptors (Lipinski definition) is 4. The molecule has 1 N–H and O–H groups in total. The highest BCUT2D eigenvalue weighted by Gasteiger charge is 2.01. The van der Waals surface area contributed by atoms with Crippen molar-refractivity contribution in [1.82, 2.24) is 9.97 Å². The van der Waals surface area contributed by atoms with Gasteiger partial charge in [0, 0.05) is 23.4 Å². The van der Waals surface area contributed by atoms with E-state index in [0.717, 1.165) is 17.4 Å². The van der Waals surface area contributed by atoms with E-state index in [2.05, 4.69) is 28.5 Å². The van der Waals surface area contributed by atoms with Crippen LogP contribution in [0.2, 0.25) is 0 Å². The highest BCUT2D eigenvalue weighted by Crippen LogP contribution is 2.12. The molecule has 1 unspecified atom stereocenters. The molecule has 1 heterocycles. The van der Waals surface area contributed by atoms with Gasteiger partial charge in [-0.15, -0.1) is 0 Å². The van der Waals surface area contributed by atoms with Crippen molar-refractivity contribution in [3.05, 3.63) is 30.5 Å². The van der Waals surface area contributed by atoms with Gasteiger partial charge in [-0.1, -0.05) is 25.1 Å². The van der Waals surface area contributed by atoms with Gasteiger partial charge in [-0.05, 0) is 12.3 Å². The predicted molar refractivity (Wildman–Crippen MR) is 71.0 cm³/mol. The molecule has 2 aromatic rings. The second-order valence-corrected chi connectivity index (χ2v) is 4.96. The first-order valence-electron chi connectivity index (χ1n) is 5.28. The fraction of sp³-hybridized carbons (Fsp3) is 0.333. The largest absolute Gasteiger partial charge is 0.353 e. The van der Waals surface area contributed by atoms with E-state index in [0.29, 0.717) is 11.2 Å². The Morgan fingerprint density at radius 1 is 1.38 bits per heavy atom. The highest BCUT2D eigenvalue weighted by atomic mass is 32.2. The summed E-state index contributed by atoms with van der Waals surface area (Å²) in [5.41, 5.74) is 0.983. The zero-order valence-corrected chi connectivity index (χ0v) is 10.3. The first-order chi connectivity index (χ1) is 7.79. The number of fused-ring (bicyclic) bond motifs is 1. The standard InChI is InChI=1S/C12H15N3S/c1-9(16-2)7-13-12-14-8-10-5-3-4-6-11(10)15-12/h3-6,8-9H,7H2,1-2H3,(H,13,14,15). The van der Waals surface area contributed by atoms with Crippen LogP contribution in [-0.2, 0) is 0 Å². The summed E-state index contributed by atoms with van der Waals surface area (Å²) in [6, 6.07) is 8.00. The maximum Gasteiger partial charge on any atom is 0.223 e. The molecular formula is C12H15N3S. The number of rotatable bonds is 4. The minimum Gasteiger partial charge on any atom is -0.353 e. The number of aromatic nitrogens is 2. The van der Waals surface area contributed by atoms with Gasteiger partial charge in [0.25, 0.3) is 0 Å². The van der Waals surface area contributed by atoms with Gasteiger partial charge < -0.3 is 5.32 Å². The third-order valence-electron chi connectivity index (χ3n) is 2.44. The van der Waals surface area contributed by atoms with Gasteiger partial charge in [0.2, 0.25) is 5.95 Å². The third-order valence-corrected chi connectivity index (χ3v) is 3.41. The monoisotopic (exact) mass is 233 g/mol. The van der Waals surface area contributed by atoms with Crippen molar-refractivity contribution in [2.24, 2.45) is 0 Å². The SMILES string of the molecule is CSC(C)CNc1ncc2ccccc2n1. The second-order valence-electron chi connectivity index (χ2n) is 3.68. The second kappa shape index (κ2) is 5.16. The molecule has 0 amide bonds. The minimum absolute atomic E-state index is 0.565. The summed E-state index contributed by atoms with van der Waals surface area (Å²) in [6.45, 7) is 3.07. The lowest BCUT2D eigenvalue weighted by Crippen LogP contribution is -2.14. The maximum atomic E-state index is 4.45. The number of para-hydroxylation sites is 1. The van der Waals surface area contributed by atoms with Crippen LogP contribution < -0.4 is 5.32 Å². The van der Waals surface area contributed by atoms with Crippen molar-refractivity contribution >= 4 is 28.6 Å². The van der Waals surface area contributed by atoms with Crippen LogP contribution in [0.25, 0.3) is 10.9 Å². The van der Waals surface area contributed by atoms with Crippen LogP contribution in [0, 0.1) is 0 Å². The lowest BCUT2D eigenvalue weighted by atomic mass is 10.2. The molecule has 84 valence electrons. The Balaban J connectivity index is 2.13. The summed E-state index contributed by atoms with van der Waals surface area (Å²) < 4.78 is 0. The van der Waals surface area contributed by atoms with Crippen molar-refractivity contribution in [3.8, 4) is 0 Å². The molecule has 3 nitrogen and oxygen atoms in total. The van der Waals surface area contributed by atoms with Crippen LogP contribution in [0.1, 0.15) is 6.92 Å². The molecule has 0 aliphatic carbocycles. The van der Waals surface area contributed by atoms with Crippen molar-refractivity contribution in [3.63, 3.8) is 0 Å². The summed E-state index contributed by atoms with van der Waals surface area (Å²) in [6.07, 6.45) is 3.96. The normalized spacial score (nSPS) is 12.6. The topological polar surface area (TPSA) is 37.8 Å². The van der Waals surface area contributed by atoms with E-state index in [9.17, 15) is 0 Å². The first kappa shape index (κ1) is 11.2. The maximum absolute atomic E-state index is 4.45. The number of benzene rings is 1. The van der Waals surface area contributed by atoms with Gasteiger partial charge in [-0.3, -0.25) is 0 Å². The molecule has 0 radical (unpaired) electrons. The Morgan fingerprint density at radius 3 is 3.00 bits per heavy atom. The molecule has 1 aromatic carbocycles. The predicted octanol–water partition coefficient (Wildman–Crippen LogP) is 2.79. The smallest absolute Gasteiger partial charge is 0.223 e. The van der Waals surface area contributed by atoms with Gasteiger partial charge in [-0.25, -0.2) is 9.97 Å². The van der Waals surface area contributed by atoms with Crippen LogP contribution in [0.15, 0.2) is 30.5 Å². The molecule has 1 atom stereocenters. The summed E-state index contributed by atoms with van der Waals surface area (Å²) in [5, 5.41) is 4.88. The molecule has 0 saturated carbocycles. The van der Waals surface area contributed by atoms with Crippen molar-refractivity contribution in [1.29, 1.82) is 0 Å². The van der Waals surface area contributed by atoms with Gasteiger partial charge in [0.15, 0.2) is 0 Å². The van der Waals surface area contributed by atoms with Crippen LogP contribution in [-0.4, -0.2) is 28.0 Å². The Bertz CT molecular complexity index is 473. The molecule has 0 spiro atoms. The number of hydrogen-bond donors (Lipinski definition) is 1. The fourth-order valence-corrected chi connectivity index (χ4v) is 1.63. The molecule has 2 rings (SSSR count). The Morgan fingerprint density at radius 2 is 2.19 bits per heavy atom. The molecule has 0 fully saturated rings. The first-order valence-corrected chi connectivity index (χ1v) is 6.57. The van der Waals surface area contributed by atoms with Gasteiger partial charge in [0.05, 0.1) is 5.52 Å². The fourth-order valence-electron chi connectivity index (χ4n) is 1.38. The van der Waals surface area contributed by atoms with E-state index in [1.165, 1.54) is 0 Å². The molecule has 0 aliphatic heterocycles. The Kier molecular flexibility index (Phi) is 3.62. The van der Waals surface area contributed by atoms with Gasteiger partial charge in [0.1, 0.15) is 0 Å². The average Bonchev–Trinajstić information content (AvgIpc) is 2.35. The van der Waals surface area contributed by atoms with Gasteiger partial charge >= 0.3 is 0 Å². The van der Waals surface area contributed by atoms with Crippen molar-refractivity contribution in [2.45, 2.75) is 12.2 Å². The highest BCUT2D eigenvalue weighted by molar-refractivity contribution is 7.99. The lowest BCUT2D eigenvalue weighted by Gasteiger charge is -2.09. The quantitative estimate of drug-likeness (QED) is 0.881. The van der Waals surface area contributed by atoms with E-state index in [1.807, 2.05) is 42.2 Å². The van der Waals surface area contributed by atoms with Crippen LogP contribution in [0.4, 0.5) is 5.95 Å². The van der Waals surface area contributed by atoms with E-state index in [1.54, 1.807) is 0 Å². The number of thioether (sulfide) groups is 1. The number of anilines is 1. The minimum atomic E-state index is 0.565. The molecule has 1 aromatic heterocycles. The molecule has 16 heavy (non-hydrogen) atoms. The summed E-state index contributed by atoms with van der Waals surface area (Å²) in [5.74, 6) is 0.708. The van der Waals surface area contributed by atoms with Crippen molar-refractivity contribution in [2.75, 3.05) is 18.1 Å². The molecular weight excluding hydrogens is 218 g/mol. The number of nitrogens with one attached hydrogen (secondary N) is 1. The van der Waals surface area contributed by atoms with E-state index < -0.39 is 0 Å². The van der Waals surface area contributed by atoms with E-state index in [-0.39, 0.29) is 0 Å². The average molecular weight is 233 g/mol. The zero-order chi connectivity index (χ0) is 11.4. The Hall–Kier alpha value is -1.29. The Labute approximate surface area is 99.7 Å². The zero-order valence-electron chi connectivity index (χ0n) is 9.47. The van der Waals surface area contributed by atoms with E-state index in [4.69, 9.17) is 0 Å².